The molecule has 3 N–H and O–H groups in total. The Morgan fingerprint density at radius 2 is 1.80 bits per heavy atom. The fraction of sp³-hybridized carbons (Fsp3) is 0.538. The van der Waals surface area contributed by atoms with Crippen molar-refractivity contribution >= 4 is 0 Å². The molecule has 0 fully saturated rings. The third kappa shape index (κ3) is 3.65. The predicted octanol–water partition coefficient (Wildman–Crippen LogP) is 2.06. The Labute approximate surface area is 92.1 Å². The molecule has 2 nitrogen and oxygen atoms in total. The molecule has 1 unspecified atom stereocenters. The number of rotatable bonds is 4. The molecule has 1 aromatic carbocycles. The van der Waals surface area contributed by atoms with Crippen LogP contribution >= 0.6 is 0 Å². The molecule has 0 spiro atoms. The van der Waals surface area contributed by atoms with Gasteiger partial charge in [0.25, 0.3) is 0 Å². The minimum absolute atomic E-state index is 0.291. The summed E-state index contributed by atoms with van der Waals surface area (Å²) in [6.07, 6.45) is 0.613. The lowest BCUT2D eigenvalue weighted by atomic mass is 9.94. The number of aliphatic hydroxyl groups is 1. The summed E-state index contributed by atoms with van der Waals surface area (Å²) in [5.74, 6) is 0.550. The fourth-order valence-corrected chi connectivity index (χ4v) is 1.53. The van der Waals surface area contributed by atoms with Gasteiger partial charge in [-0.2, -0.15) is 0 Å². The lowest BCUT2D eigenvalue weighted by molar-refractivity contribution is 0.0696. The molecule has 0 saturated heterocycles. The van der Waals surface area contributed by atoms with Gasteiger partial charge in [0.05, 0.1) is 5.60 Å². The lowest BCUT2D eigenvalue weighted by Crippen LogP contribution is -2.36. The largest absolute Gasteiger partial charge is 0.389 e. The van der Waals surface area contributed by atoms with Crippen molar-refractivity contribution in [2.75, 3.05) is 6.54 Å². The van der Waals surface area contributed by atoms with Crippen molar-refractivity contribution in [1.82, 2.24) is 0 Å². The summed E-state index contributed by atoms with van der Waals surface area (Å²) in [4.78, 5) is 0. The normalized spacial score (nSPS) is 15.3. The molecule has 84 valence electrons. The Balaban J connectivity index is 2.73. The van der Waals surface area contributed by atoms with Crippen LogP contribution in [-0.4, -0.2) is 17.3 Å². The summed E-state index contributed by atoms with van der Waals surface area (Å²) in [6, 6.07) is 8.37. The molecule has 2 heteroatoms. The molecule has 0 aliphatic carbocycles. The molecule has 1 rings (SSSR count). The first-order chi connectivity index (χ1) is 6.94. The van der Waals surface area contributed by atoms with Gasteiger partial charge < -0.3 is 10.8 Å². The molecule has 0 saturated carbocycles. The zero-order chi connectivity index (χ0) is 11.5. The second kappa shape index (κ2) is 4.77. The summed E-state index contributed by atoms with van der Waals surface area (Å²) in [5, 5.41) is 9.83. The van der Waals surface area contributed by atoms with Gasteiger partial charge >= 0.3 is 0 Å². The van der Waals surface area contributed by atoms with E-state index in [9.17, 15) is 5.11 Å². The van der Waals surface area contributed by atoms with Gasteiger partial charge in [-0.3, -0.25) is 0 Å². The van der Waals surface area contributed by atoms with Crippen molar-refractivity contribution < 1.29 is 5.11 Å². The van der Waals surface area contributed by atoms with Gasteiger partial charge in [-0.1, -0.05) is 38.1 Å². The average molecular weight is 207 g/mol. The van der Waals surface area contributed by atoms with E-state index in [2.05, 4.69) is 38.1 Å². The average Bonchev–Trinajstić information content (AvgIpc) is 2.18. The van der Waals surface area contributed by atoms with Crippen LogP contribution in [0.3, 0.4) is 0 Å². The van der Waals surface area contributed by atoms with Gasteiger partial charge in [-0.15, -0.1) is 0 Å². The van der Waals surface area contributed by atoms with E-state index in [0.29, 0.717) is 18.9 Å². The van der Waals surface area contributed by atoms with Crippen molar-refractivity contribution in [2.24, 2.45) is 5.73 Å². The van der Waals surface area contributed by atoms with E-state index in [-0.39, 0.29) is 0 Å². The first-order valence-electron chi connectivity index (χ1n) is 5.46. The van der Waals surface area contributed by atoms with Crippen LogP contribution in [0.1, 0.15) is 37.8 Å². The smallest absolute Gasteiger partial charge is 0.0781 e. The minimum atomic E-state index is -0.792. The van der Waals surface area contributed by atoms with E-state index >= 15 is 0 Å². The van der Waals surface area contributed by atoms with Crippen LogP contribution in [-0.2, 0) is 6.42 Å². The van der Waals surface area contributed by atoms with E-state index in [0.717, 1.165) is 5.56 Å². The maximum Gasteiger partial charge on any atom is 0.0781 e. The van der Waals surface area contributed by atoms with Crippen molar-refractivity contribution in [1.29, 1.82) is 0 Å². The van der Waals surface area contributed by atoms with Crippen LogP contribution in [0, 0.1) is 0 Å². The third-order valence-electron chi connectivity index (χ3n) is 2.67. The fourth-order valence-electron chi connectivity index (χ4n) is 1.53. The second-order valence-electron chi connectivity index (χ2n) is 4.77. The van der Waals surface area contributed by atoms with Crippen molar-refractivity contribution in [3.8, 4) is 0 Å². The summed E-state index contributed by atoms with van der Waals surface area (Å²) in [5.41, 5.74) is 7.15. The Hall–Kier alpha value is -0.860. The van der Waals surface area contributed by atoms with Crippen molar-refractivity contribution in [2.45, 2.75) is 38.7 Å². The first kappa shape index (κ1) is 12.2. The van der Waals surface area contributed by atoms with Gasteiger partial charge in [0.1, 0.15) is 0 Å². The van der Waals surface area contributed by atoms with E-state index < -0.39 is 5.60 Å². The molecule has 1 atom stereocenters. The summed E-state index contributed by atoms with van der Waals surface area (Å²) in [6.45, 7) is 6.40. The Kier molecular flexibility index (Phi) is 3.89. The van der Waals surface area contributed by atoms with Gasteiger partial charge in [0, 0.05) is 13.0 Å². The highest BCUT2D eigenvalue weighted by molar-refractivity contribution is 5.25. The van der Waals surface area contributed by atoms with Gasteiger partial charge in [-0.25, -0.2) is 0 Å². The van der Waals surface area contributed by atoms with Crippen LogP contribution in [0.25, 0.3) is 0 Å². The molecular formula is C13H21NO. The summed E-state index contributed by atoms with van der Waals surface area (Å²) >= 11 is 0. The number of nitrogens with two attached hydrogens (primary N) is 1. The Bertz CT molecular complexity index is 301. The molecule has 0 radical (unpaired) electrons. The number of benzene rings is 1. The zero-order valence-electron chi connectivity index (χ0n) is 9.83. The van der Waals surface area contributed by atoms with Crippen molar-refractivity contribution in [3.63, 3.8) is 0 Å². The molecule has 0 aliphatic rings. The van der Waals surface area contributed by atoms with Crippen LogP contribution in [0.4, 0.5) is 0 Å². The van der Waals surface area contributed by atoms with Gasteiger partial charge in [0.15, 0.2) is 0 Å². The third-order valence-corrected chi connectivity index (χ3v) is 2.67. The summed E-state index contributed by atoms with van der Waals surface area (Å²) in [7, 11) is 0. The molecule has 0 aromatic heterocycles. The predicted molar refractivity (Wildman–Crippen MR) is 63.9 cm³/mol. The molecule has 0 heterocycles. The Morgan fingerprint density at radius 3 is 2.20 bits per heavy atom. The van der Waals surface area contributed by atoms with Crippen molar-refractivity contribution in [3.05, 3.63) is 35.4 Å². The quantitative estimate of drug-likeness (QED) is 0.794. The minimum Gasteiger partial charge on any atom is -0.389 e. The van der Waals surface area contributed by atoms with Crippen LogP contribution in [0.15, 0.2) is 24.3 Å². The highest BCUT2D eigenvalue weighted by Gasteiger charge is 2.18. The zero-order valence-corrected chi connectivity index (χ0v) is 9.83. The van der Waals surface area contributed by atoms with E-state index in [1.165, 1.54) is 5.56 Å². The molecule has 0 bridgehead atoms. The van der Waals surface area contributed by atoms with Gasteiger partial charge in [-0.05, 0) is 24.0 Å². The van der Waals surface area contributed by atoms with Crippen LogP contribution in [0.5, 0.6) is 0 Å². The molecule has 15 heavy (non-hydrogen) atoms. The monoisotopic (exact) mass is 207 g/mol. The molecular weight excluding hydrogens is 186 g/mol. The van der Waals surface area contributed by atoms with E-state index in [4.69, 9.17) is 5.73 Å². The SMILES string of the molecule is CC(C)c1ccc(CC(C)(O)CN)cc1. The topological polar surface area (TPSA) is 46.2 Å². The van der Waals surface area contributed by atoms with E-state index in [1.807, 2.05) is 0 Å². The maximum absolute atomic E-state index is 9.83. The number of hydrogen-bond donors (Lipinski definition) is 2. The maximum atomic E-state index is 9.83. The standard InChI is InChI=1S/C13H21NO/c1-10(2)12-6-4-11(5-7-12)8-13(3,15)9-14/h4-7,10,15H,8-9,14H2,1-3H3. The lowest BCUT2D eigenvalue weighted by Gasteiger charge is -2.21. The highest BCUT2D eigenvalue weighted by Crippen LogP contribution is 2.17. The van der Waals surface area contributed by atoms with Gasteiger partial charge in [0.2, 0.25) is 0 Å². The van der Waals surface area contributed by atoms with Crippen LogP contribution in [0.2, 0.25) is 0 Å². The summed E-state index contributed by atoms with van der Waals surface area (Å²) < 4.78 is 0. The van der Waals surface area contributed by atoms with E-state index in [1.54, 1.807) is 6.92 Å². The van der Waals surface area contributed by atoms with Crippen LogP contribution < -0.4 is 5.73 Å². The first-order valence-corrected chi connectivity index (χ1v) is 5.46. The highest BCUT2D eigenvalue weighted by atomic mass is 16.3. The molecule has 1 aromatic rings. The Morgan fingerprint density at radius 1 is 1.27 bits per heavy atom. The molecule has 0 amide bonds. The second-order valence-corrected chi connectivity index (χ2v) is 4.77. The number of hydrogen-bond acceptors (Lipinski definition) is 2. The molecule has 0 aliphatic heterocycles.